The molecule has 0 N–H and O–H groups in total. The number of esters is 1. The maximum atomic E-state index is 13.7. The molecule has 4 aromatic rings. The highest BCUT2D eigenvalue weighted by Gasteiger charge is 2.48. The molecule has 0 radical (unpaired) electrons. The summed E-state index contributed by atoms with van der Waals surface area (Å²) in [6.45, 7) is 1.32. The van der Waals surface area contributed by atoms with Gasteiger partial charge >= 0.3 is 5.97 Å². The summed E-state index contributed by atoms with van der Waals surface area (Å²) in [5.41, 5.74) is 2.49. The van der Waals surface area contributed by atoms with E-state index < -0.39 is 17.4 Å². The summed E-state index contributed by atoms with van der Waals surface area (Å²) >= 11 is 6.26. The molecular weight excluding hydrogens is 471 g/mol. The fourth-order valence-electron chi connectivity index (χ4n) is 5.16. The van der Waals surface area contributed by atoms with Crippen molar-refractivity contribution >= 4 is 34.4 Å². The van der Waals surface area contributed by atoms with Crippen molar-refractivity contribution in [3.63, 3.8) is 0 Å². The first kappa shape index (κ1) is 21.7. The van der Waals surface area contributed by atoms with Gasteiger partial charge in [0, 0.05) is 66.1 Å². The number of nitrogens with zero attached hydrogens (tertiary/aromatic N) is 4. The molecule has 0 atom stereocenters. The van der Waals surface area contributed by atoms with Gasteiger partial charge in [0.2, 0.25) is 0 Å². The molecule has 0 saturated carbocycles. The van der Waals surface area contributed by atoms with Crippen molar-refractivity contribution < 1.29 is 18.7 Å². The van der Waals surface area contributed by atoms with Crippen LogP contribution in [0.1, 0.15) is 44.7 Å². The van der Waals surface area contributed by atoms with Crippen LogP contribution >= 0.6 is 11.6 Å². The zero-order valence-corrected chi connectivity index (χ0v) is 19.3. The first-order valence-electron chi connectivity index (χ1n) is 11.3. The van der Waals surface area contributed by atoms with Gasteiger partial charge in [-0.1, -0.05) is 23.7 Å². The molecule has 35 heavy (non-hydrogen) atoms. The number of carbonyl (C=O) groups is 2. The number of hydrogen-bond acceptors (Lipinski definition) is 5. The van der Waals surface area contributed by atoms with E-state index in [0.29, 0.717) is 48.6 Å². The third-order valence-electron chi connectivity index (χ3n) is 6.88. The average Bonchev–Trinajstić information content (AvgIpc) is 3.34. The van der Waals surface area contributed by atoms with Crippen molar-refractivity contribution in [1.29, 1.82) is 0 Å². The molecule has 0 aliphatic carbocycles. The Balaban J connectivity index is 1.28. The summed E-state index contributed by atoms with van der Waals surface area (Å²) < 4.78 is 21.4. The zero-order chi connectivity index (χ0) is 24.2. The largest absolute Gasteiger partial charge is 0.450 e. The summed E-state index contributed by atoms with van der Waals surface area (Å²) in [6, 6.07) is 9.67. The molecule has 2 aromatic carbocycles. The second-order valence-corrected chi connectivity index (χ2v) is 9.38. The molecule has 9 heteroatoms. The first-order valence-corrected chi connectivity index (χ1v) is 11.7. The predicted molar refractivity (Wildman–Crippen MR) is 127 cm³/mol. The van der Waals surface area contributed by atoms with Crippen LogP contribution in [0.4, 0.5) is 4.39 Å². The van der Waals surface area contributed by atoms with Gasteiger partial charge in [-0.15, -0.1) is 0 Å². The van der Waals surface area contributed by atoms with Crippen LogP contribution in [0, 0.1) is 5.82 Å². The van der Waals surface area contributed by atoms with E-state index in [1.54, 1.807) is 29.4 Å². The lowest BCUT2D eigenvalue weighted by Gasteiger charge is -2.38. The lowest BCUT2D eigenvalue weighted by atomic mass is 9.83. The molecular formula is C26H20ClFN4O3. The molecule has 1 saturated heterocycles. The topological polar surface area (TPSA) is 77.3 Å². The summed E-state index contributed by atoms with van der Waals surface area (Å²) in [4.78, 5) is 35.9. The van der Waals surface area contributed by atoms with Crippen LogP contribution in [0.5, 0.6) is 0 Å². The normalized spacial score (nSPS) is 16.5. The Morgan fingerprint density at radius 1 is 1.11 bits per heavy atom. The molecule has 2 aliphatic heterocycles. The minimum absolute atomic E-state index is 0.0983. The maximum absolute atomic E-state index is 13.7. The fraction of sp³-hybridized carbons (Fsp3) is 0.231. The number of ether oxygens (including phenoxy) is 1. The van der Waals surface area contributed by atoms with E-state index in [-0.39, 0.29) is 11.5 Å². The summed E-state index contributed by atoms with van der Waals surface area (Å²) in [5.74, 6) is -1.08. The second kappa shape index (κ2) is 8.16. The van der Waals surface area contributed by atoms with Crippen molar-refractivity contribution in [3.05, 3.63) is 94.4 Å². The van der Waals surface area contributed by atoms with Gasteiger partial charge in [-0.2, -0.15) is 0 Å². The second-order valence-electron chi connectivity index (χ2n) is 8.94. The number of fused-ring (bicyclic) bond motifs is 3. The molecule has 0 unspecified atom stereocenters. The Morgan fingerprint density at radius 2 is 1.89 bits per heavy atom. The number of halogens is 2. The number of carbonyl (C=O) groups excluding carboxylic acids is 2. The molecule has 4 heterocycles. The summed E-state index contributed by atoms with van der Waals surface area (Å²) in [6.07, 6.45) is 7.70. The van der Waals surface area contributed by atoms with Crippen molar-refractivity contribution in [2.45, 2.75) is 25.0 Å². The van der Waals surface area contributed by atoms with Gasteiger partial charge in [0.15, 0.2) is 0 Å². The minimum Gasteiger partial charge on any atom is -0.450 e. The summed E-state index contributed by atoms with van der Waals surface area (Å²) in [5, 5.41) is 1.39. The van der Waals surface area contributed by atoms with Crippen LogP contribution in [-0.4, -0.2) is 44.4 Å². The number of hydrogen-bond donors (Lipinski definition) is 0. The Morgan fingerprint density at radius 3 is 2.66 bits per heavy atom. The van der Waals surface area contributed by atoms with Gasteiger partial charge < -0.3 is 14.2 Å². The standard InChI is InChI=1S/C26H20ClFN4O3/c27-17-1-3-19-21(14-32(23(19)9-17)13-16-11-29-15-30-12-16)24(33)31-7-5-26(6-8-31)22-4-2-18(28)10-20(22)25(34)35-26/h1-4,9-12,14-15H,5-8,13H2. The van der Waals surface area contributed by atoms with Crippen LogP contribution in [0.3, 0.4) is 0 Å². The number of aromatic nitrogens is 3. The van der Waals surface area contributed by atoms with E-state index >= 15 is 0 Å². The van der Waals surface area contributed by atoms with Gasteiger partial charge in [-0.05, 0) is 24.3 Å². The van der Waals surface area contributed by atoms with E-state index in [4.69, 9.17) is 16.3 Å². The lowest BCUT2D eigenvalue weighted by Crippen LogP contribution is -2.45. The molecule has 6 rings (SSSR count). The lowest BCUT2D eigenvalue weighted by molar-refractivity contribution is -0.0389. The third-order valence-corrected chi connectivity index (χ3v) is 7.12. The Hall–Kier alpha value is -3.78. The van der Waals surface area contributed by atoms with Crippen LogP contribution < -0.4 is 0 Å². The summed E-state index contributed by atoms with van der Waals surface area (Å²) in [7, 11) is 0. The molecule has 1 fully saturated rings. The first-order chi connectivity index (χ1) is 16.9. The van der Waals surface area contributed by atoms with Gasteiger partial charge in [0.25, 0.3) is 5.91 Å². The number of piperidine rings is 1. The molecule has 2 aliphatic rings. The Kier molecular flexibility index (Phi) is 5.07. The van der Waals surface area contributed by atoms with E-state index in [2.05, 4.69) is 9.97 Å². The number of rotatable bonds is 3. The highest BCUT2D eigenvalue weighted by Crippen LogP contribution is 2.44. The molecule has 7 nitrogen and oxygen atoms in total. The highest BCUT2D eigenvalue weighted by molar-refractivity contribution is 6.31. The van der Waals surface area contributed by atoms with Gasteiger partial charge in [0.05, 0.1) is 23.2 Å². The fourth-order valence-corrected chi connectivity index (χ4v) is 5.32. The number of amides is 1. The van der Waals surface area contributed by atoms with Crippen molar-refractivity contribution in [3.8, 4) is 0 Å². The smallest absolute Gasteiger partial charge is 0.339 e. The Labute approximate surface area is 205 Å². The van der Waals surface area contributed by atoms with E-state index in [1.807, 2.05) is 22.9 Å². The maximum Gasteiger partial charge on any atom is 0.339 e. The number of likely N-dealkylation sites (tertiary alicyclic amines) is 1. The number of benzene rings is 2. The molecule has 1 amide bonds. The molecule has 1 spiro atoms. The van der Waals surface area contributed by atoms with Gasteiger partial charge in [0.1, 0.15) is 17.7 Å². The van der Waals surface area contributed by atoms with Crippen LogP contribution in [0.15, 0.2) is 61.3 Å². The quantitative estimate of drug-likeness (QED) is 0.393. The minimum atomic E-state index is -0.814. The van der Waals surface area contributed by atoms with E-state index in [1.165, 1.54) is 18.5 Å². The van der Waals surface area contributed by atoms with Gasteiger partial charge in [-0.25, -0.2) is 19.2 Å². The van der Waals surface area contributed by atoms with Gasteiger partial charge in [-0.3, -0.25) is 4.79 Å². The highest BCUT2D eigenvalue weighted by atomic mass is 35.5. The van der Waals surface area contributed by atoms with Crippen LogP contribution in [-0.2, 0) is 16.9 Å². The van der Waals surface area contributed by atoms with Crippen molar-refractivity contribution in [2.24, 2.45) is 0 Å². The SMILES string of the molecule is O=C1OC2(CCN(C(=O)c3cn(Cc4cncnc4)c4cc(Cl)ccc34)CC2)c2ccc(F)cc21. The van der Waals surface area contributed by atoms with E-state index in [0.717, 1.165) is 16.5 Å². The predicted octanol–water partition coefficient (Wildman–Crippen LogP) is 4.57. The Bertz CT molecular complexity index is 1480. The van der Waals surface area contributed by atoms with Crippen molar-refractivity contribution in [1.82, 2.24) is 19.4 Å². The van der Waals surface area contributed by atoms with E-state index in [9.17, 15) is 14.0 Å². The van der Waals surface area contributed by atoms with Crippen LogP contribution in [0.2, 0.25) is 5.02 Å². The third kappa shape index (κ3) is 3.65. The molecule has 2 aromatic heterocycles. The average molecular weight is 491 g/mol. The molecule has 0 bridgehead atoms. The van der Waals surface area contributed by atoms with Crippen molar-refractivity contribution in [2.75, 3.05) is 13.1 Å². The molecule has 176 valence electrons. The zero-order valence-electron chi connectivity index (χ0n) is 18.6. The van der Waals surface area contributed by atoms with Crippen LogP contribution in [0.25, 0.3) is 10.9 Å². The monoisotopic (exact) mass is 490 g/mol.